The van der Waals surface area contributed by atoms with Crippen LogP contribution in [0.1, 0.15) is 23.0 Å². The van der Waals surface area contributed by atoms with Crippen LogP contribution in [-0.4, -0.2) is 36.0 Å². The lowest BCUT2D eigenvalue weighted by molar-refractivity contribution is 0.0524. The second kappa shape index (κ2) is 7.35. The Hall–Kier alpha value is -2.96. The lowest BCUT2D eigenvalue weighted by Crippen LogP contribution is -2.10. The summed E-state index contributed by atoms with van der Waals surface area (Å²) in [6.45, 7) is 3.74. The van der Waals surface area contributed by atoms with E-state index in [1.54, 1.807) is 44.2 Å². The Morgan fingerprint density at radius 3 is 2.48 bits per heavy atom. The molecule has 0 aliphatic heterocycles. The summed E-state index contributed by atoms with van der Waals surface area (Å²) in [5.41, 5.74) is 2.79. The smallest absolute Gasteiger partial charge is 0.411 e. The van der Waals surface area contributed by atoms with E-state index in [1.807, 2.05) is 0 Å². The van der Waals surface area contributed by atoms with Gasteiger partial charge in [0.15, 0.2) is 0 Å². The summed E-state index contributed by atoms with van der Waals surface area (Å²) in [6.07, 6.45) is -0.544. The van der Waals surface area contributed by atoms with Gasteiger partial charge in [-0.3, -0.25) is 5.32 Å². The molecule has 0 unspecified atom stereocenters. The number of methoxy groups -OCH3 is 1. The first-order chi connectivity index (χ1) is 11.0. The van der Waals surface area contributed by atoms with Gasteiger partial charge in [0, 0.05) is 11.3 Å². The van der Waals surface area contributed by atoms with Gasteiger partial charge in [-0.2, -0.15) is 10.2 Å². The number of amides is 1. The van der Waals surface area contributed by atoms with Gasteiger partial charge in [0.2, 0.25) is 0 Å². The number of carbonyl (C=O) groups is 2. The molecule has 0 saturated heterocycles. The van der Waals surface area contributed by atoms with Crippen molar-refractivity contribution >= 4 is 17.7 Å². The van der Waals surface area contributed by atoms with Crippen molar-refractivity contribution in [3.63, 3.8) is 0 Å². The zero-order chi connectivity index (χ0) is 16.8. The molecule has 1 N–H and O–H groups in total. The van der Waals surface area contributed by atoms with Crippen LogP contribution >= 0.6 is 0 Å². The first-order valence-electron chi connectivity index (χ1n) is 7.02. The van der Waals surface area contributed by atoms with Crippen molar-refractivity contribution in [1.82, 2.24) is 10.2 Å². The second-order valence-corrected chi connectivity index (χ2v) is 4.64. The van der Waals surface area contributed by atoms with Crippen molar-refractivity contribution in [2.75, 3.05) is 19.0 Å². The molecule has 0 saturated carbocycles. The molecule has 7 nitrogen and oxygen atoms in total. The number of aryl methyl sites for hydroxylation is 1. The summed E-state index contributed by atoms with van der Waals surface area (Å²) in [4.78, 5) is 23.1. The number of nitrogens with zero attached hydrogens (tertiary/aromatic N) is 2. The summed E-state index contributed by atoms with van der Waals surface area (Å²) in [6, 6.07) is 8.58. The fourth-order valence-electron chi connectivity index (χ4n) is 1.90. The molecule has 1 heterocycles. The molecule has 2 rings (SSSR count). The van der Waals surface area contributed by atoms with E-state index >= 15 is 0 Å². The third-order valence-corrected chi connectivity index (χ3v) is 3.09. The molecule has 1 aromatic carbocycles. The molecule has 0 atom stereocenters. The van der Waals surface area contributed by atoms with E-state index in [4.69, 9.17) is 4.74 Å². The molecular weight excluding hydrogens is 298 g/mol. The number of rotatable bonds is 4. The number of benzene rings is 1. The number of aromatic nitrogens is 2. The number of esters is 1. The molecule has 0 radical (unpaired) electrons. The van der Waals surface area contributed by atoms with Crippen molar-refractivity contribution in [1.29, 1.82) is 0 Å². The highest BCUT2D eigenvalue weighted by Gasteiger charge is 2.14. The van der Waals surface area contributed by atoms with Gasteiger partial charge in [-0.15, -0.1) is 0 Å². The third-order valence-electron chi connectivity index (χ3n) is 3.09. The van der Waals surface area contributed by atoms with Gasteiger partial charge in [-0.05, 0) is 32.0 Å². The van der Waals surface area contributed by atoms with Crippen LogP contribution in [0, 0.1) is 6.92 Å². The molecule has 7 heteroatoms. The molecule has 120 valence electrons. The van der Waals surface area contributed by atoms with Crippen molar-refractivity contribution < 1.29 is 19.1 Å². The van der Waals surface area contributed by atoms with E-state index in [0.717, 1.165) is 5.56 Å². The second-order valence-electron chi connectivity index (χ2n) is 4.64. The van der Waals surface area contributed by atoms with E-state index in [2.05, 4.69) is 20.3 Å². The predicted octanol–water partition coefficient (Wildman–Crippen LogP) is 2.81. The van der Waals surface area contributed by atoms with Gasteiger partial charge >= 0.3 is 12.1 Å². The van der Waals surface area contributed by atoms with Gasteiger partial charge in [0.1, 0.15) is 0 Å². The highest BCUT2D eigenvalue weighted by Crippen LogP contribution is 2.21. The van der Waals surface area contributed by atoms with Crippen LogP contribution in [0.2, 0.25) is 0 Å². The first kappa shape index (κ1) is 16.4. The number of hydrogen-bond acceptors (Lipinski definition) is 6. The van der Waals surface area contributed by atoms with Crippen molar-refractivity contribution in [2.45, 2.75) is 13.8 Å². The topological polar surface area (TPSA) is 90.4 Å². The Kier molecular flexibility index (Phi) is 5.24. The summed E-state index contributed by atoms with van der Waals surface area (Å²) < 4.78 is 9.53. The van der Waals surface area contributed by atoms with E-state index in [9.17, 15) is 9.59 Å². The number of hydrogen-bond donors (Lipinski definition) is 1. The molecule has 2 aromatic rings. The highest BCUT2D eigenvalue weighted by molar-refractivity contribution is 5.91. The van der Waals surface area contributed by atoms with E-state index in [0.29, 0.717) is 29.2 Å². The standard InChI is InChI=1S/C16H17N3O4/c1-4-23-15(20)13-9-14(19-18-10(13)2)11-5-7-12(8-6-11)17-16(21)22-3/h5-9H,4H2,1-3H3,(H,17,21). The van der Waals surface area contributed by atoms with Crippen molar-refractivity contribution in [3.8, 4) is 11.3 Å². The average molecular weight is 315 g/mol. The van der Waals surface area contributed by atoms with E-state index < -0.39 is 12.1 Å². The maximum Gasteiger partial charge on any atom is 0.411 e. The predicted molar refractivity (Wildman–Crippen MR) is 84.2 cm³/mol. The Morgan fingerprint density at radius 2 is 1.87 bits per heavy atom. The molecule has 0 spiro atoms. The lowest BCUT2D eigenvalue weighted by atomic mass is 10.1. The van der Waals surface area contributed by atoms with Crippen LogP contribution in [0.5, 0.6) is 0 Å². The Balaban J connectivity index is 2.26. The van der Waals surface area contributed by atoms with Gasteiger partial charge in [0.05, 0.1) is 30.7 Å². The van der Waals surface area contributed by atoms with Crippen LogP contribution in [0.4, 0.5) is 10.5 Å². The zero-order valence-corrected chi connectivity index (χ0v) is 13.1. The van der Waals surface area contributed by atoms with E-state index in [1.165, 1.54) is 7.11 Å². The van der Waals surface area contributed by atoms with Gasteiger partial charge in [-0.1, -0.05) is 12.1 Å². The molecule has 0 bridgehead atoms. The van der Waals surface area contributed by atoms with Crippen LogP contribution < -0.4 is 5.32 Å². The van der Waals surface area contributed by atoms with E-state index in [-0.39, 0.29) is 0 Å². The Bertz CT molecular complexity index is 714. The lowest BCUT2D eigenvalue weighted by Gasteiger charge is -2.08. The fourth-order valence-corrected chi connectivity index (χ4v) is 1.90. The monoisotopic (exact) mass is 315 g/mol. The van der Waals surface area contributed by atoms with Gasteiger partial charge < -0.3 is 9.47 Å². The maximum atomic E-state index is 11.9. The normalized spacial score (nSPS) is 10.0. The highest BCUT2D eigenvalue weighted by atomic mass is 16.5. The molecule has 1 aromatic heterocycles. The number of ether oxygens (including phenoxy) is 2. The maximum absolute atomic E-state index is 11.9. The van der Waals surface area contributed by atoms with Crippen molar-refractivity contribution in [3.05, 3.63) is 41.6 Å². The summed E-state index contributed by atoms with van der Waals surface area (Å²) in [5, 5.41) is 10.6. The molecule has 1 amide bonds. The largest absolute Gasteiger partial charge is 0.462 e. The van der Waals surface area contributed by atoms with Crippen molar-refractivity contribution in [2.24, 2.45) is 0 Å². The van der Waals surface area contributed by atoms with Crippen LogP contribution in [0.25, 0.3) is 11.3 Å². The number of nitrogens with one attached hydrogen (secondary N) is 1. The number of anilines is 1. The molecular formula is C16H17N3O4. The Labute approximate surface area is 133 Å². The quantitative estimate of drug-likeness (QED) is 0.872. The zero-order valence-electron chi connectivity index (χ0n) is 13.1. The minimum absolute atomic E-state index is 0.295. The van der Waals surface area contributed by atoms with Crippen LogP contribution in [-0.2, 0) is 9.47 Å². The SMILES string of the molecule is CCOC(=O)c1cc(-c2ccc(NC(=O)OC)cc2)nnc1C. The van der Waals surface area contributed by atoms with Crippen LogP contribution in [0.15, 0.2) is 30.3 Å². The number of carbonyl (C=O) groups excluding carboxylic acids is 2. The molecule has 0 aliphatic rings. The summed E-state index contributed by atoms with van der Waals surface area (Å²) in [5.74, 6) is -0.426. The molecule has 23 heavy (non-hydrogen) atoms. The average Bonchev–Trinajstić information content (AvgIpc) is 2.56. The fraction of sp³-hybridized carbons (Fsp3) is 0.250. The minimum Gasteiger partial charge on any atom is -0.462 e. The molecule has 0 fully saturated rings. The van der Waals surface area contributed by atoms with Gasteiger partial charge in [0.25, 0.3) is 0 Å². The first-order valence-corrected chi connectivity index (χ1v) is 7.02. The summed E-state index contributed by atoms with van der Waals surface area (Å²) in [7, 11) is 1.29. The van der Waals surface area contributed by atoms with Gasteiger partial charge in [-0.25, -0.2) is 9.59 Å². The Morgan fingerprint density at radius 1 is 1.17 bits per heavy atom. The third kappa shape index (κ3) is 4.03. The summed E-state index contributed by atoms with van der Waals surface area (Å²) >= 11 is 0. The molecule has 0 aliphatic carbocycles. The van der Waals surface area contributed by atoms with Crippen LogP contribution in [0.3, 0.4) is 0 Å². The minimum atomic E-state index is -0.544.